The smallest absolute Gasteiger partial charge is 0.407 e. The third-order valence-corrected chi connectivity index (χ3v) is 4.01. The topological polar surface area (TPSA) is 114 Å². The molecule has 0 saturated carbocycles. The first-order valence-corrected chi connectivity index (χ1v) is 8.05. The van der Waals surface area contributed by atoms with Gasteiger partial charge in [0, 0.05) is 12.4 Å². The van der Waals surface area contributed by atoms with Crippen LogP contribution in [0.5, 0.6) is 0 Å². The molecule has 0 spiro atoms. The SMILES string of the molecule is COC(=O)N[C@@H](CC(C)C)C(=O)NS(=O)(=O)c1cccnc1. The molecule has 0 aromatic carbocycles. The molecule has 0 aliphatic rings. The molecular formula is C13H19N3O5S. The molecular weight excluding hydrogens is 310 g/mol. The fourth-order valence-corrected chi connectivity index (χ4v) is 2.65. The summed E-state index contributed by atoms with van der Waals surface area (Å²) in [5.41, 5.74) is 0. The Bertz CT molecular complexity index is 616. The van der Waals surface area contributed by atoms with Gasteiger partial charge in [-0.1, -0.05) is 13.8 Å². The molecule has 0 radical (unpaired) electrons. The van der Waals surface area contributed by atoms with Crippen molar-refractivity contribution < 1.29 is 22.7 Å². The molecule has 2 amide bonds. The van der Waals surface area contributed by atoms with Crippen molar-refractivity contribution in [2.45, 2.75) is 31.2 Å². The fraction of sp³-hybridized carbons (Fsp3) is 0.462. The highest BCUT2D eigenvalue weighted by Gasteiger charge is 2.27. The number of nitrogens with one attached hydrogen (secondary N) is 2. The molecule has 0 saturated heterocycles. The van der Waals surface area contributed by atoms with Gasteiger partial charge in [-0.15, -0.1) is 0 Å². The van der Waals surface area contributed by atoms with Crippen LogP contribution in [0.3, 0.4) is 0 Å². The standard InChI is InChI=1S/C13H19N3O5S/c1-9(2)7-11(15-13(18)21-3)12(17)16-22(19,20)10-5-4-6-14-8-10/h4-6,8-9,11H,7H2,1-3H3,(H,15,18)(H,16,17)/t11-/m0/s1. The number of rotatable bonds is 6. The minimum atomic E-state index is -4.04. The summed E-state index contributed by atoms with van der Waals surface area (Å²) in [7, 11) is -2.88. The van der Waals surface area contributed by atoms with Gasteiger partial charge in [0.05, 0.1) is 7.11 Å². The van der Waals surface area contributed by atoms with Gasteiger partial charge in [-0.05, 0) is 24.5 Å². The molecule has 0 fully saturated rings. The van der Waals surface area contributed by atoms with E-state index in [0.717, 1.165) is 13.3 Å². The predicted octanol–water partition coefficient (Wildman–Crippen LogP) is 0.657. The number of pyridine rings is 1. The third-order valence-electron chi connectivity index (χ3n) is 2.68. The largest absolute Gasteiger partial charge is 0.453 e. The zero-order valence-electron chi connectivity index (χ0n) is 12.6. The Hall–Kier alpha value is -2.16. The van der Waals surface area contributed by atoms with E-state index in [1.54, 1.807) is 0 Å². The number of sulfonamides is 1. The normalized spacial score (nSPS) is 12.5. The molecule has 0 aliphatic heterocycles. The number of hydrogen-bond acceptors (Lipinski definition) is 6. The van der Waals surface area contributed by atoms with Crippen LogP contribution >= 0.6 is 0 Å². The summed E-state index contributed by atoms with van der Waals surface area (Å²) in [5, 5.41) is 2.32. The van der Waals surface area contributed by atoms with E-state index in [2.05, 4.69) is 15.0 Å². The zero-order chi connectivity index (χ0) is 16.8. The van der Waals surface area contributed by atoms with Crippen LogP contribution in [0, 0.1) is 5.92 Å². The number of methoxy groups -OCH3 is 1. The summed E-state index contributed by atoms with van der Waals surface area (Å²) in [4.78, 5) is 27.0. The Morgan fingerprint density at radius 1 is 1.36 bits per heavy atom. The van der Waals surface area contributed by atoms with E-state index in [4.69, 9.17) is 0 Å². The van der Waals surface area contributed by atoms with Gasteiger partial charge in [0.25, 0.3) is 15.9 Å². The lowest BCUT2D eigenvalue weighted by molar-refractivity contribution is -0.121. The van der Waals surface area contributed by atoms with Crippen LogP contribution in [0.2, 0.25) is 0 Å². The van der Waals surface area contributed by atoms with Crippen molar-refractivity contribution in [2.75, 3.05) is 7.11 Å². The Kier molecular flexibility index (Phi) is 6.29. The van der Waals surface area contributed by atoms with Crippen LogP contribution in [0.15, 0.2) is 29.4 Å². The van der Waals surface area contributed by atoms with E-state index >= 15 is 0 Å². The van der Waals surface area contributed by atoms with E-state index in [1.165, 1.54) is 18.3 Å². The predicted molar refractivity (Wildman–Crippen MR) is 78.3 cm³/mol. The van der Waals surface area contributed by atoms with E-state index in [9.17, 15) is 18.0 Å². The van der Waals surface area contributed by atoms with E-state index in [-0.39, 0.29) is 17.2 Å². The van der Waals surface area contributed by atoms with Gasteiger partial charge in [-0.25, -0.2) is 17.9 Å². The van der Waals surface area contributed by atoms with Crippen LogP contribution in [0.25, 0.3) is 0 Å². The van der Waals surface area contributed by atoms with Gasteiger partial charge in [0.15, 0.2) is 0 Å². The van der Waals surface area contributed by atoms with Gasteiger partial charge >= 0.3 is 6.09 Å². The Balaban J connectivity index is 2.88. The lowest BCUT2D eigenvalue weighted by Crippen LogP contribution is -2.48. The van der Waals surface area contributed by atoms with Crippen molar-refractivity contribution in [3.63, 3.8) is 0 Å². The van der Waals surface area contributed by atoms with E-state index in [1.807, 2.05) is 18.6 Å². The maximum absolute atomic E-state index is 12.1. The second-order valence-electron chi connectivity index (χ2n) is 4.98. The summed E-state index contributed by atoms with van der Waals surface area (Å²) in [5.74, 6) is -0.767. The molecule has 1 atom stereocenters. The molecule has 1 aromatic heterocycles. The molecule has 2 N–H and O–H groups in total. The fourth-order valence-electron chi connectivity index (χ4n) is 1.67. The van der Waals surface area contributed by atoms with Crippen molar-refractivity contribution in [2.24, 2.45) is 5.92 Å². The quantitative estimate of drug-likeness (QED) is 0.792. The van der Waals surface area contributed by atoms with Gasteiger partial charge in [-0.3, -0.25) is 9.78 Å². The molecule has 1 rings (SSSR count). The van der Waals surface area contributed by atoms with Crippen LogP contribution in [-0.2, 0) is 19.6 Å². The summed E-state index contributed by atoms with van der Waals surface area (Å²) < 4.78 is 30.5. The monoisotopic (exact) mass is 329 g/mol. The molecule has 1 heterocycles. The van der Waals surface area contributed by atoms with Crippen molar-refractivity contribution in [3.8, 4) is 0 Å². The van der Waals surface area contributed by atoms with E-state index in [0.29, 0.717) is 0 Å². The number of carbonyl (C=O) groups is 2. The first kappa shape index (κ1) is 17.9. The highest BCUT2D eigenvalue weighted by atomic mass is 32.2. The minimum Gasteiger partial charge on any atom is -0.453 e. The summed E-state index contributed by atoms with van der Waals surface area (Å²) in [6.07, 6.45) is 2.01. The lowest BCUT2D eigenvalue weighted by Gasteiger charge is -2.19. The lowest BCUT2D eigenvalue weighted by atomic mass is 10.0. The number of aromatic nitrogens is 1. The molecule has 22 heavy (non-hydrogen) atoms. The second-order valence-corrected chi connectivity index (χ2v) is 6.66. The van der Waals surface area contributed by atoms with Crippen LogP contribution < -0.4 is 10.0 Å². The molecule has 0 aliphatic carbocycles. The maximum atomic E-state index is 12.1. The maximum Gasteiger partial charge on any atom is 0.407 e. The first-order valence-electron chi connectivity index (χ1n) is 6.57. The summed E-state index contributed by atoms with van der Waals surface area (Å²) >= 11 is 0. The van der Waals surface area contributed by atoms with Crippen molar-refractivity contribution in [3.05, 3.63) is 24.5 Å². The number of carbonyl (C=O) groups excluding carboxylic acids is 2. The summed E-state index contributed by atoms with van der Waals surface area (Å²) in [6, 6.07) is 1.74. The molecule has 0 unspecified atom stereocenters. The highest BCUT2D eigenvalue weighted by Crippen LogP contribution is 2.09. The van der Waals surface area contributed by atoms with Crippen molar-refractivity contribution in [1.82, 2.24) is 15.0 Å². The zero-order valence-corrected chi connectivity index (χ0v) is 13.4. The van der Waals surface area contributed by atoms with Gasteiger partial charge in [0.1, 0.15) is 10.9 Å². The van der Waals surface area contributed by atoms with Crippen LogP contribution in [0.1, 0.15) is 20.3 Å². The minimum absolute atomic E-state index is 0.0639. The number of alkyl carbamates (subject to hydrolysis) is 1. The number of nitrogens with zero attached hydrogens (tertiary/aromatic N) is 1. The summed E-state index contributed by atoms with van der Waals surface area (Å²) in [6.45, 7) is 3.68. The first-order chi connectivity index (χ1) is 10.3. The van der Waals surface area contributed by atoms with Crippen LogP contribution in [-0.4, -0.2) is 38.6 Å². The van der Waals surface area contributed by atoms with Gasteiger partial charge in [0.2, 0.25) is 0 Å². The Morgan fingerprint density at radius 2 is 2.05 bits per heavy atom. The average Bonchev–Trinajstić information content (AvgIpc) is 2.46. The number of hydrogen-bond donors (Lipinski definition) is 2. The average molecular weight is 329 g/mol. The van der Waals surface area contributed by atoms with Gasteiger partial charge in [-0.2, -0.15) is 0 Å². The molecule has 9 heteroatoms. The Labute approximate surface area is 129 Å². The van der Waals surface area contributed by atoms with Crippen molar-refractivity contribution in [1.29, 1.82) is 0 Å². The molecule has 0 bridgehead atoms. The highest BCUT2D eigenvalue weighted by molar-refractivity contribution is 7.90. The second kappa shape index (κ2) is 7.74. The van der Waals surface area contributed by atoms with Gasteiger partial charge < -0.3 is 10.1 Å². The number of ether oxygens (including phenoxy) is 1. The molecule has 122 valence electrons. The molecule has 1 aromatic rings. The molecule has 8 nitrogen and oxygen atoms in total. The number of amides is 2. The van der Waals surface area contributed by atoms with Crippen molar-refractivity contribution >= 4 is 22.0 Å². The third kappa shape index (κ3) is 5.32. The van der Waals surface area contributed by atoms with Crippen LogP contribution in [0.4, 0.5) is 4.79 Å². The Morgan fingerprint density at radius 3 is 2.55 bits per heavy atom. The van der Waals surface area contributed by atoms with E-state index < -0.39 is 28.1 Å².